The van der Waals surface area contributed by atoms with E-state index in [0.717, 1.165) is 19.3 Å². The number of hydrogen-bond donors (Lipinski definition) is 2. The summed E-state index contributed by atoms with van der Waals surface area (Å²) in [6.07, 6.45) is 8.99. The molecule has 2 aromatic heterocycles. The van der Waals surface area contributed by atoms with Crippen LogP contribution in [0.3, 0.4) is 0 Å². The Hall–Kier alpha value is -3.04. The fourth-order valence-corrected chi connectivity index (χ4v) is 2.31. The van der Waals surface area contributed by atoms with E-state index in [-0.39, 0.29) is 17.3 Å². The lowest BCUT2D eigenvalue weighted by atomic mass is 9.96. The second-order valence-corrected chi connectivity index (χ2v) is 5.17. The first kappa shape index (κ1) is 14.9. The van der Waals surface area contributed by atoms with Crippen molar-refractivity contribution in [2.24, 2.45) is 11.0 Å². The molecule has 0 spiro atoms. The lowest BCUT2D eigenvalue weighted by molar-refractivity contribution is 0.0946. The van der Waals surface area contributed by atoms with E-state index in [4.69, 9.17) is 5.73 Å². The number of nitrogen functional groups attached to an aromatic ring is 1. The Labute approximate surface area is 131 Å². The third-order valence-electron chi connectivity index (χ3n) is 3.51. The number of aryl methyl sites for hydroxylation is 1. The standard InChI is InChI=1S/C13H16N8O2/c1-8-10(21(20-16-8)12-11(14)18-23-19-12)13(22)17-15-7-9-5-3-2-4-6-9/h2-3,7,9H,4-6H2,1H3,(H2,14,18)(H,17,22)/b15-7-/t9-/m1/s1. The molecule has 10 heteroatoms. The summed E-state index contributed by atoms with van der Waals surface area (Å²) < 4.78 is 5.70. The van der Waals surface area contributed by atoms with Crippen LogP contribution < -0.4 is 11.2 Å². The third-order valence-corrected chi connectivity index (χ3v) is 3.51. The van der Waals surface area contributed by atoms with Crippen LogP contribution in [0.15, 0.2) is 21.9 Å². The maximum Gasteiger partial charge on any atom is 0.292 e. The Kier molecular flexibility index (Phi) is 4.13. The second kappa shape index (κ2) is 6.38. The van der Waals surface area contributed by atoms with E-state index >= 15 is 0 Å². The molecule has 0 saturated carbocycles. The minimum absolute atomic E-state index is 0.0152. The van der Waals surface area contributed by atoms with Gasteiger partial charge in [-0.1, -0.05) is 17.4 Å². The first-order valence-corrected chi connectivity index (χ1v) is 7.16. The number of anilines is 1. The molecule has 120 valence electrons. The molecule has 2 heterocycles. The van der Waals surface area contributed by atoms with Gasteiger partial charge in [-0.05, 0) is 42.4 Å². The van der Waals surface area contributed by atoms with Crippen molar-refractivity contribution in [3.8, 4) is 5.82 Å². The van der Waals surface area contributed by atoms with Gasteiger partial charge in [-0.25, -0.2) is 10.1 Å². The molecule has 1 aliphatic rings. The molecule has 3 N–H and O–H groups in total. The molecule has 0 radical (unpaired) electrons. The van der Waals surface area contributed by atoms with Gasteiger partial charge in [-0.2, -0.15) is 9.78 Å². The predicted molar refractivity (Wildman–Crippen MR) is 80.8 cm³/mol. The highest BCUT2D eigenvalue weighted by atomic mass is 16.6. The van der Waals surface area contributed by atoms with Crippen LogP contribution in [0.5, 0.6) is 0 Å². The summed E-state index contributed by atoms with van der Waals surface area (Å²) in [7, 11) is 0. The van der Waals surface area contributed by atoms with Gasteiger partial charge in [-0.3, -0.25) is 4.79 Å². The lowest BCUT2D eigenvalue weighted by Gasteiger charge is -2.11. The van der Waals surface area contributed by atoms with Gasteiger partial charge in [0.15, 0.2) is 5.69 Å². The van der Waals surface area contributed by atoms with Crippen LogP contribution in [0.25, 0.3) is 5.82 Å². The number of carbonyl (C=O) groups is 1. The number of hydrogen-bond acceptors (Lipinski definition) is 8. The van der Waals surface area contributed by atoms with Crippen molar-refractivity contribution in [1.82, 2.24) is 30.7 Å². The van der Waals surface area contributed by atoms with Crippen LogP contribution in [0.1, 0.15) is 35.4 Å². The molecular weight excluding hydrogens is 300 g/mol. The fraction of sp³-hybridized carbons (Fsp3) is 0.385. The number of aromatic nitrogens is 5. The zero-order valence-corrected chi connectivity index (χ0v) is 12.5. The summed E-state index contributed by atoms with van der Waals surface area (Å²) in [4.78, 5) is 12.3. The quantitative estimate of drug-likeness (QED) is 0.479. The number of nitrogens with one attached hydrogen (secondary N) is 1. The molecule has 1 aliphatic carbocycles. The van der Waals surface area contributed by atoms with Gasteiger partial charge in [0.1, 0.15) is 0 Å². The lowest BCUT2D eigenvalue weighted by Crippen LogP contribution is -2.23. The minimum Gasteiger partial charge on any atom is -0.378 e. The first-order valence-electron chi connectivity index (χ1n) is 7.16. The molecule has 0 fully saturated rings. The van der Waals surface area contributed by atoms with Crippen molar-refractivity contribution in [2.75, 3.05) is 5.73 Å². The molecule has 0 aromatic carbocycles. The van der Waals surface area contributed by atoms with Gasteiger partial charge in [0, 0.05) is 6.21 Å². The van der Waals surface area contributed by atoms with Crippen LogP contribution >= 0.6 is 0 Å². The summed E-state index contributed by atoms with van der Waals surface area (Å²) >= 11 is 0. The second-order valence-electron chi connectivity index (χ2n) is 5.17. The number of carbonyl (C=O) groups excluding carboxylic acids is 1. The summed E-state index contributed by atoms with van der Waals surface area (Å²) in [5.41, 5.74) is 8.70. The van der Waals surface area contributed by atoms with Crippen LogP contribution in [-0.2, 0) is 0 Å². The molecule has 10 nitrogen and oxygen atoms in total. The Morgan fingerprint density at radius 2 is 2.39 bits per heavy atom. The van der Waals surface area contributed by atoms with Crippen molar-refractivity contribution >= 4 is 17.9 Å². The largest absolute Gasteiger partial charge is 0.378 e. The van der Waals surface area contributed by atoms with E-state index in [0.29, 0.717) is 11.6 Å². The minimum atomic E-state index is -0.461. The van der Waals surface area contributed by atoms with Crippen molar-refractivity contribution in [3.63, 3.8) is 0 Å². The molecule has 1 amide bonds. The third kappa shape index (κ3) is 3.10. The number of amides is 1. The highest BCUT2D eigenvalue weighted by molar-refractivity contribution is 5.94. The van der Waals surface area contributed by atoms with Crippen LogP contribution in [0.4, 0.5) is 5.82 Å². The van der Waals surface area contributed by atoms with Gasteiger partial charge in [-0.15, -0.1) is 5.10 Å². The van der Waals surface area contributed by atoms with Crippen LogP contribution in [0, 0.1) is 12.8 Å². The zero-order valence-electron chi connectivity index (χ0n) is 12.5. The normalized spacial score (nSPS) is 17.7. The maximum absolute atomic E-state index is 12.3. The van der Waals surface area contributed by atoms with E-state index < -0.39 is 5.91 Å². The highest BCUT2D eigenvalue weighted by Crippen LogP contribution is 2.16. The molecule has 0 aliphatic heterocycles. The van der Waals surface area contributed by atoms with E-state index in [2.05, 4.69) is 47.9 Å². The first-order chi connectivity index (χ1) is 11.2. The molecule has 2 aromatic rings. The maximum atomic E-state index is 12.3. The number of nitrogens with zero attached hydrogens (tertiary/aromatic N) is 6. The monoisotopic (exact) mass is 316 g/mol. The van der Waals surface area contributed by atoms with Crippen molar-refractivity contribution in [3.05, 3.63) is 23.5 Å². The Morgan fingerprint density at radius 3 is 3.09 bits per heavy atom. The summed E-state index contributed by atoms with van der Waals surface area (Å²) in [5, 5.41) is 18.8. The van der Waals surface area contributed by atoms with E-state index in [1.807, 2.05) is 0 Å². The number of nitrogens with two attached hydrogens (primary N) is 1. The number of hydrazone groups is 1. The average Bonchev–Trinajstić information content (AvgIpc) is 3.13. The molecular formula is C13H16N8O2. The Morgan fingerprint density at radius 1 is 1.52 bits per heavy atom. The van der Waals surface area contributed by atoms with Crippen molar-refractivity contribution in [2.45, 2.75) is 26.2 Å². The van der Waals surface area contributed by atoms with E-state index in [9.17, 15) is 4.79 Å². The molecule has 3 rings (SSSR count). The molecule has 0 saturated heterocycles. The van der Waals surface area contributed by atoms with Gasteiger partial charge in [0.25, 0.3) is 5.91 Å². The van der Waals surface area contributed by atoms with E-state index in [1.165, 1.54) is 4.68 Å². The predicted octanol–water partition coefficient (Wildman–Crippen LogP) is 0.613. The zero-order chi connectivity index (χ0) is 16.2. The molecule has 0 bridgehead atoms. The van der Waals surface area contributed by atoms with Gasteiger partial charge >= 0.3 is 0 Å². The van der Waals surface area contributed by atoms with E-state index in [1.54, 1.807) is 13.1 Å². The summed E-state index contributed by atoms with van der Waals surface area (Å²) in [6.45, 7) is 1.65. The van der Waals surface area contributed by atoms with Crippen molar-refractivity contribution in [1.29, 1.82) is 0 Å². The fourth-order valence-electron chi connectivity index (χ4n) is 2.31. The summed E-state index contributed by atoms with van der Waals surface area (Å²) in [5.74, 6) is -0.00379. The Bertz CT molecular complexity index is 760. The smallest absolute Gasteiger partial charge is 0.292 e. The van der Waals surface area contributed by atoms with Crippen LogP contribution in [-0.4, -0.2) is 37.4 Å². The highest BCUT2D eigenvalue weighted by Gasteiger charge is 2.22. The Balaban J connectivity index is 1.75. The number of rotatable bonds is 4. The van der Waals surface area contributed by atoms with Gasteiger partial charge in [0.05, 0.1) is 5.69 Å². The average molecular weight is 316 g/mol. The summed E-state index contributed by atoms with van der Waals surface area (Å²) in [6, 6.07) is 0. The number of allylic oxidation sites excluding steroid dienone is 2. The van der Waals surface area contributed by atoms with Crippen molar-refractivity contribution < 1.29 is 9.42 Å². The van der Waals surface area contributed by atoms with Crippen LogP contribution in [0.2, 0.25) is 0 Å². The van der Waals surface area contributed by atoms with Gasteiger partial charge in [0.2, 0.25) is 11.6 Å². The molecule has 23 heavy (non-hydrogen) atoms. The topological polar surface area (TPSA) is 137 Å². The molecule has 0 unspecified atom stereocenters. The molecule has 1 atom stereocenters. The van der Waals surface area contributed by atoms with Gasteiger partial charge < -0.3 is 5.73 Å². The SMILES string of the molecule is Cc1nnn(-c2nonc2N)c1C(=O)N/N=C\[C@@H]1CC=CCC1.